The summed E-state index contributed by atoms with van der Waals surface area (Å²) in [5.74, 6) is 1.19. The smallest absolute Gasteiger partial charge is 0.238 e. The molecule has 0 saturated heterocycles. The number of sulfonamides is 1. The van der Waals surface area contributed by atoms with Gasteiger partial charge in [-0.3, -0.25) is 9.47 Å². The first kappa shape index (κ1) is 20.7. The zero-order valence-electron chi connectivity index (χ0n) is 16.4. The molecule has 4 aromatic rings. The highest BCUT2D eigenvalue weighted by atomic mass is 32.2. The highest BCUT2D eigenvalue weighted by Gasteiger charge is 2.18. The van der Waals surface area contributed by atoms with E-state index in [4.69, 9.17) is 5.14 Å². The summed E-state index contributed by atoms with van der Waals surface area (Å²) in [6.45, 7) is 0.340. The van der Waals surface area contributed by atoms with E-state index in [2.05, 4.69) is 15.2 Å². The lowest BCUT2D eigenvalue weighted by Crippen LogP contribution is -2.22. The largest absolute Gasteiger partial charge is 0.392 e. The number of hydrogen-bond acceptors (Lipinski definition) is 7. The Hall–Kier alpha value is -3.60. The zero-order valence-corrected chi connectivity index (χ0v) is 17.2. The molecule has 0 radical (unpaired) electrons. The number of nitrogens with zero attached hydrogens (tertiary/aromatic N) is 5. The second-order valence-corrected chi connectivity index (χ2v) is 8.34. The number of aromatic nitrogens is 4. The van der Waals surface area contributed by atoms with Crippen molar-refractivity contribution in [1.29, 1.82) is 0 Å². The number of anilines is 2. The van der Waals surface area contributed by atoms with Crippen LogP contribution in [-0.2, 0) is 23.2 Å². The molecule has 0 atom stereocenters. The molecule has 2 heterocycles. The van der Waals surface area contributed by atoms with Crippen LogP contribution in [0.4, 0.5) is 11.8 Å². The highest BCUT2D eigenvalue weighted by Crippen LogP contribution is 2.27. The van der Waals surface area contributed by atoms with Gasteiger partial charge in [0.25, 0.3) is 0 Å². The molecule has 158 valence electrons. The third-order valence-electron chi connectivity index (χ3n) is 4.69. The first-order valence-electron chi connectivity index (χ1n) is 9.36. The number of primary sulfonamides is 1. The van der Waals surface area contributed by atoms with Gasteiger partial charge < -0.3 is 5.11 Å². The van der Waals surface area contributed by atoms with Gasteiger partial charge in [0.15, 0.2) is 5.82 Å². The van der Waals surface area contributed by atoms with Crippen LogP contribution in [0.15, 0.2) is 84.1 Å². The van der Waals surface area contributed by atoms with Gasteiger partial charge >= 0.3 is 0 Å². The second-order valence-electron chi connectivity index (χ2n) is 6.78. The van der Waals surface area contributed by atoms with Gasteiger partial charge in [0.2, 0.25) is 16.0 Å². The van der Waals surface area contributed by atoms with E-state index in [0.29, 0.717) is 18.3 Å². The summed E-state index contributed by atoms with van der Waals surface area (Å²) in [5, 5.41) is 22.7. The van der Waals surface area contributed by atoms with E-state index in [1.807, 2.05) is 46.0 Å². The molecule has 0 bridgehead atoms. The predicted molar refractivity (Wildman–Crippen MR) is 115 cm³/mol. The van der Waals surface area contributed by atoms with Crippen LogP contribution in [0.2, 0.25) is 0 Å². The van der Waals surface area contributed by atoms with Gasteiger partial charge in [-0.05, 0) is 47.5 Å². The lowest BCUT2D eigenvalue weighted by molar-refractivity contribution is 0.282. The minimum absolute atomic E-state index is 0.0304. The maximum atomic E-state index is 11.5. The van der Waals surface area contributed by atoms with Crippen molar-refractivity contribution in [2.45, 2.75) is 18.0 Å². The normalized spacial score (nSPS) is 11.4. The zero-order chi connectivity index (χ0) is 21.8. The number of rotatable bonds is 7. The Labute approximate surface area is 179 Å². The molecule has 2 aromatic heterocycles. The molecule has 2 aromatic carbocycles. The molecule has 0 fully saturated rings. The van der Waals surface area contributed by atoms with Crippen LogP contribution in [0.25, 0.3) is 5.69 Å². The highest BCUT2D eigenvalue weighted by molar-refractivity contribution is 7.89. The molecule has 9 nitrogen and oxygen atoms in total. The molecular weight excluding hydrogens is 416 g/mol. The molecule has 31 heavy (non-hydrogen) atoms. The van der Waals surface area contributed by atoms with Crippen molar-refractivity contribution in [1.82, 2.24) is 19.7 Å². The van der Waals surface area contributed by atoms with Crippen LogP contribution >= 0.6 is 0 Å². The molecule has 0 saturated carbocycles. The summed E-state index contributed by atoms with van der Waals surface area (Å²) in [5.41, 5.74) is 2.51. The molecule has 4 rings (SSSR count). The molecule has 3 N–H and O–H groups in total. The molecule has 0 spiro atoms. The lowest BCUT2D eigenvalue weighted by atomic mass is 10.2. The quantitative estimate of drug-likeness (QED) is 0.454. The van der Waals surface area contributed by atoms with E-state index < -0.39 is 10.0 Å². The molecule has 0 aliphatic rings. The first-order valence-corrected chi connectivity index (χ1v) is 10.9. The van der Waals surface area contributed by atoms with E-state index >= 15 is 0 Å². The van der Waals surface area contributed by atoms with Crippen molar-refractivity contribution in [2.24, 2.45) is 5.14 Å². The number of hydrogen-bond donors (Lipinski definition) is 2. The number of aliphatic hydroxyl groups excluding tert-OH is 1. The van der Waals surface area contributed by atoms with Crippen molar-refractivity contribution in [3.05, 3.63) is 90.4 Å². The molecule has 10 heteroatoms. The number of benzene rings is 2. The van der Waals surface area contributed by atoms with Gasteiger partial charge in [0.1, 0.15) is 0 Å². The lowest BCUT2D eigenvalue weighted by Gasteiger charge is -2.23. The van der Waals surface area contributed by atoms with Crippen LogP contribution in [-0.4, -0.2) is 33.3 Å². The number of imidazole rings is 1. The van der Waals surface area contributed by atoms with Crippen LogP contribution in [0.3, 0.4) is 0 Å². The summed E-state index contributed by atoms with van der Waals surface area (Å²) in [7, 11) is -3.76. The van der Waals surface area contributed by atoms with E-state index in [1.54, 1.807) is 30.6 Å². The van der Waals surface area contributed by atoms with Crippen molar-refractivity contribution >= 4 is 21.8 Å². The third-order valence-corrected chi connectivity index (χ3v) is 5.62. The molecular formula is C21H20N6O3S. The molecule has 0 aliphatic heterocycles. The molecule has 0 aliphatic carbocycles. The van der Waals surface area contributed by atoms with Crippen LogP contribution in [0, 0.1) is 0 Å². The maximum absolute atomic E-state index is 11.5. The Bertz CT molecular complexity index is 1260. The van der Waals surface area contributed by atoms with Crippen LogP contribution in [0.5, 0.6) is 0 Å². The number of nitrogens with two attached hydrogens (primary N) is 1. The summed E-state index contributed by atoms with van der Waals surface area (Å²) < 4.78 is 25.0. The topological polar surface area (TPSA) is 127 Å². The van der Waals surface area contributed by atoms with Gasteiger partial charge in [-0.15, -0.1) is 5.10 Å². The van der Waals surface area contributed by atoms with Gasteiger partial charge in [0, 0.05) is 24.3 Å². The van der Waals surface area contributed by atoms with Crippen molar-refractivity contribution in [2.75, 3.05) is 4.90 Å². The Morgan fingerprint density at radius 1 is 0.968 bits per heavy atom. The Morgan fingerprint density at radius 2 is 1.68 bits per heavy atom. The van der Waals surface area contributed by atoms with Crippen LogP contribution in [0.1, 0.15) is 11.1 Å². The van der Waals surface area contributed by atoms with Crippen molar-refractivity contribution < 1.29 is 13.5 Å². The van der Waals surface area contributed by atoms with Gasteiger partial charge in [-0.1, -0.05) is 24.3 Å². The first-order chi connectivity index (χ1) is 15.0. The molecule has 0 unspecified atom stereocenters. The fourth-order valence-electron chi connectivity index (χ4n) is 3.12. The summed E-state index contributed by atoms with van der Waals surface area (Å²) in [6, 6.07) is 17.4. The minimum Gasteiger partial charge on any atom is -0.392 e. The Balaban J connectivity index is 1.73. The van der Waals surface area contributed by atoms with Crippen molar-refractivity contribution in [3.63, 3.8) is 0 Å². The summed E-state index contributed by atoms with van der Waals surface area (Å²) in [4.78, 5) is 6.44. The van der Waals surface area contributed by atoms with Gasteiger partial charge in [-0.25, -0.2) is 18.5 Å². The van der Waals surface area contributed by atoms with Crippen LogP contribution < -0.4 is 10.0 Å². The average molecular weight is 436 g/mol. The predicted octanol–water partition coefficient (Wildman–Crippen LogP) is 2.14. The second kappa shape index (κ2) is 8.64. The maximum Gasteiger partial charge on any atom is 0.238 e. The average Bonchev–Trinajstić information content (AvgIpc) is 3.27. The SMILES string of the molecule is NS(=O)(=O)c1ccc(CN(c2cccnn2)c2nccn2-c2ccc(CO)cc2)cc1. The minimum atomic E-state index is -3.76. The standard InChI is InChI=1S/C21H20N6O3S/c22-31(29,30)19-9-5-16(6-10-19)14-27(20-2-1-11-24-25-20)21-23-12-13-26(21)18-7-3-17(15-28)4-8-18/h1-13,28H,14-15H2,(H2,22,29,30). The monoisotopic (exact) mass is 436 g/mol. The fourth-order valence-corrected chi connectivity index (χ4v) is 3.63. The number of aliphatic hydroxyl groups is 1. The van der Waals surface area contributed by atoms with E-state index in [-0.39, 0.29) is 11.5 Å². The van der Waals surface area contributed by atoms with E-state index in [0.717, 1.165) is 16.8 Å². The Morgan fingerprint density at radius 3 is 2.29 bits per heavy atom. The summed E-state index contributed by atoms with van der Waals surface area (Å²) >= 11 is 0. The van der Waals surface area contributed by atoms with Crippen molar-refractivity contribution in [3.8, 4) is 5.69 Å². The van der Waals surface area contributed by atoms with E-state index in [1.165, 1.54) is 12.1 Å². The van der Waals surface area contributed by atoms with Gasteiger partial charge in [0.05, 0.1) is 18.0 Å². The summed E-state index contributed by atoms with van der Waals surface area (Å²) in [6.07, 6.45) is 5.10. The third kappa shape index (κ3) is 4.61. The van der Waals surface area contributed by atoms with Gasteiger partial charge in [-0.2, -0.15) is 5.10 Å². The van der Waals surface area contributed by atoms with E-state index in [9.17, 15) is 13.5 Å². The Kier molecular flexibility index (Phi) is 5.76. The fraction of sp³-hybridized carbons (Fsp3) is 0.0952. The molecule has 0 amide bonds.